The van der Waals surface area contributed by atoms with Crippen molar-refractivity contribution in [3.05, 3.63) is 33.3 Å². The molecule has 15 heavy (non-hydrogen) atoms. The lowest BCUT2D eigenvalue weighted by Crippen LogP contribution is -2.21. The normalized spacial score (nSPS) is 22.2. The predicted molar refractivity (Wildman–Crippen MR) is 65.1 cm³/mol. The monoisotopic (exact) mass is 289 g/mol. The van der Waals surface area contributed by atoms with E-state index in [-0.39, 0.29) is 6.10 Å². The third kappa shape index (κ3) is 2.94. The number of β-amino-alcohol motifs (C(OH)–C–C–N with tert-alkyl or cyclic N) is 1. The highest BCUT2D eigenvalue weighted by molar-refractivity contribution is 9.10. The average molecular weight is 291 g/mol. The molecule has 2 nitrogen and oxygen atoms in total. The van der Waals surface area contributed by atoms with Crippen LogP contribution in [-0.2, 0) is 6.54 Å². The minimum Gasteiger partial charge on any atom is -0.392 e. The average Bonchev–Trinajstić information content (AvgIpc) is 2.58. The Kier molecular flexibility index (Phi) is 3.67. The Morgan fingerprint density at radius 1 is 1.53 bits per heavy atom. The molecule has 1 saturated heterocycles. The lowest BCUT2D eigenvalue weighted by molar-refractivity contribution is 0.174. The van der Waals surface area contributed by atoms with Gasteiger partial charge in [0, 0.05) is 29.1 Å². The van der Waals surface area contributed by atoms with Crippen LogP contribution in [0.4, 0.5) is 0 Å². The zero-order valence-electron chi connectivity index (χ0n) is 8.29. The van der Waals surface area contributed by atoms with Gasteiger partial charge in [0.05, 0.1) is 6.10 Å². The Morgan fingerprint density at radius 3 is 3.00 bits per heavy atom. The van der Waals surface area contributed by atoms with Gasteiger partial charge in [0.2, 0.25) is 0 Å². The first-order valence-corrected chi connectivity index (χ1v) is 6.16. The van der Waals surface area contributed by atoms with E-state index in [1.54, 1.807) is 0 Å². The van der Waals surface area contributed by atoms with Crippen molar-refractivity contribution in [3.63, 3.8) is 0 Å². The van der Waals surface area contributed by atoms with E-state index >= 15 is 0 Å². The van der Waals surface area contributed by atoms with Gasteiger partial charge in [-0.15, -0.1) is 0 Å². The largest absolute Gasteiger partial charge is 0.392 e. The highest BCUT2D eigenvalue weighted by Crippen LogP contribution is 2.23. The zero-order chi connectivity index (χ0) is 10.8. The molecule has 1 N–H and O–H groups in total. The molecule has 0 radical (unpaired) electrons. The highest BCUT2D eigenvalue weighted by atomic mass is 79.9. The third-order valence-corrected chi connectivity index (χ3v) is 3.66. The molecule has 0 bridgehead atoms. The van der Waals surface area contributed by atoms with Crippen molar-refractivity contribution in [1.82, 2.24) is 4.90 Å². The maximum Gasteiger partial charge on any atom is 0.0679 e. The second-order valence-electron chi connectivity index (χ2n) is 3.91. The molecule has 1 aromatic rings. The van der Waals surface area contributed by atoms with Gasteiger partial charge in [0.1, 0.15) is 0 Å². The summed E-state index contributed by atoms with van der Waals surface area (Å²) in [5.74, 6) is 0. The Balaban J connectivity index is 2.07. The van der Waals surface area contributed by atoms with Gasteiger partial charge < -0.3 is 5.11 Å². The number of benzene rings is 1. The minimum absolute atomic E-state index is 0.164. The van der Waals surface area contributed by atoms with E-state index in [9.17, 15) is 5.11 Å². The number of hydrogen-bond acceptors (Lipinski definition) is 2. The summed E-state index contributed by atoms with van der Waals surface area (Å²) >= 11 is 9.45. The van der Waals surface area contributed by atoms with Crippen LogP contribution < -0.4 is 0 Å². The number of halogens is 2. The van der Waals surface area contributed by atoms with Crippen LogP contribution in [0.2, 0.25) is 5.02 Å². The van der Waals surface area contributed by atoms with Crippen LogP contribution in [-0.4, -0.2) is 29.2 Å². The van der Waals surface area contributed by atoms with Gasteiger partial charge in [0.25, 0.3) is 0 Å². The molecule has 82 valence electrons. The van der Waals surface area contributed by atoms with Crippen molar-refractivity contribution < 1.29 is 5.11 Å². The summed E-state index contributed by atoms with van der Waals surface area (Å²) in [6.07, 6.45) is 0.709. The van der Waals surface area contributed by atoms with Crippen LogP contribution in [0.25, 0.3) is 0 Å². The fourth-order valence-corrected chi connectivity index (χ4v) is 2.43. The van der Waals surface area contributed by atoms with Gasteiger partial charge in [-0.25, -0.2) is 0 Å². The van der Waals surface area contributed by atoms with Gasteiger partial charge in [-0.1, -0.05) is 27.5 Å². The van der Waals surface area contributed by atoms with Gasteiger partial charge in [-0.3, -0.25) is 4.90 Å². The van der Waals surface area contributed by atoms with E-state index in [1.165, 1.54) is 5.56 Å². The molecule has 1 fully saturated rings. The van der Waals surface area contributed by atoms with Crippen LogP contribution in [0.5, 0.6) is 0 Å². The van der Waals surface area contributed by atoms with Gasteiger partial charge in [-0.05, 0) is 30.2 Å². The molecular formula is C11H13BrClNO. The second-order valence-corrected chi connectivity index (χ2v) is 5.20. The number of aliphatic hydroxyl groups is 1. The molecule has 0 aromatic heterocycles. The van der Waals surface area contributed by atoms with E-state index in [0.717, 1.165) is 35.6 Å². The lowest BCUT2D eigenvalue weighted by Gasteiger charge is -2.16. The molecular weight excluding hydrogens is 277 g/mol. The molecule has 1 aromatic carbocycles. The van der Waals surface area contributed by atoms with Crippen LogP contribution >= 0.6 is 27.5 Å². The van der Waals surface area contributed by atoms with E-state index in [2.05, 4.69) is 20.8 Å². The number of nitrogens with zero attached hydrogens (tertiary/aromatic N) is 1. The molecule has 1 atom stereocenters. The van der Waals surface area contributed by atoms with Crippen molar-refractivity contribution in [3.8, 4) is 0 Å². The van der Waals surface area contributed by atoms with Crippen molar-refractivity contribution in [2.45, 2.75) is 19.1 Å². The molecule has 1 aliphatic heterocycles. The predicted octanol–water partition coefficient (Wildman–Crippen LogP) is 2.67. The summed E-state index contributed by atoms with van der Waals surface area (Å²) in [5, 5.41) is 10.2. The fourth-order valence-electron chi connectivity index (χ4n) is 1.86. The Labute approximate surface area is 103 Å². The summed E-state index contributed by atoms with van der Waals surface area (Å²) in [6.45, 7) is 2.57. The van der Waals surface area contributed by atoms with E-state index in [0.29, 0.717) is 0 Å². The summed E-state index contributed by atoms with van der Waals surface area (Å²) in [7, 11) is 0. The first kappa shape index (κ1) is 11.4. The van der Waals surface area contributed by atoms with Crippen LogP contribution in [0, 0.1) is 0 Å². The number of hydrogen-bond donors (Lipinski definition) is 1. The number of likely N-dealkylation sites (tertiary alicyclic amines) is 1. The van der Waals surface area contributed by atoms with Crippen LogP contribution in [0.1, 0.15) is 12.0 Å². The summed E-state index contributed by atoms with van der Waals surface area (Å²) < 4.78 is 1.08. The molecule has 0 amide bonds. The molecule has 4 heteroatoms. The Morgan fingerprint density at radius 2 is 2.33 bits per heavy atom. The van der Waals surface area contributed by atoms with Crippen molar-refractivity contribution >= 4 is 27.5 Å². The van der Waals surface area contributed by atoms with Gasteiger partial charge in [0.15, 0.2) is 0 Å². The van der Waals surface area contributed by atoms with E-state index in [4.69, 9.17) is 11.6 Å². The quantitative estimate of drug-likeness (QED) is 0.905. The molecule has 0 saturated carbocycles. The van der Waals surface area contributed by atoms with Crippen molar-refractivity contribution in [2.24, 2.45) is 0 Å². The SMILES string of the molecule is O[C@H]1CCN(Cc2cc(Cl)ccc2Br)C1. The van der Waals surface area contributed by atoms with Crippen molar-refractivity contribution in [2.75, 3.05) is 13.1 Å². The molecule has 2 rings (SSSR count). The maximum absolute atomic E-state index is 9.42. The molecule has 1 heterocycles. The standard InChI is InChI=1S/C11H13BrClNO/c12-11-2-1-9(13)5-8(11)6-14-4-3-10(15)7-14/h1-2,5,10,15H,3-4,6-7H2/t10-/m0/s1. The number of rotatable bonds is 2. The van der Waals surface area contributed by atoms with Gasteiger partial charge >= 0.3 is 0 Å². The lowest BCUT2D eigenvalue weighted by atomic mass is 10.2. The van der Waals surface area contributed by atoms with Crippen LogP contribution in [0.15, 0.2) is 22.7 Å². The minimum atomic E-state index is -0.164. The summed E-state index contributed by atoms with van der Waals surface area (Å²) in [5.41, 5.74) is 1.18. The third-order valence-electron chi connectivity index (χ3n) is 2.65. The highest BCUT2D eigenvalue weighted by Gasteiger charge is 2.20. The Hall–Kier alpha value is -0.0900. The summed E-state index contributed by atoms with van der Waals surface area (Å²) in [6, 6.07) is 5.80. The van der Waals surface area contributed by atoms with E-state index < -0.39 is 0 Å². The smallest absolute Gasteiger partial charge is 0.0679 e. The topological polar surface area (TPSA) is 23.5 Å². The van der Waals surface area contributed by atoms with Crippen molar-refractivity contribution in [1.29, 1.82) is 0 Å². The zero-order valence-corrected chi connectivity index (χ0v) is 10.6. The van der Waals surface area contributed by atoms with Gasteiger partial charge in [-0.2, -0.15) is 0 Å². The summed E-state index contributed by atoms with van der Waals surface area (Å²) in [4.78, 5) is 2.24. The van der Waals surface area contributed by atoms with Crippen LogP contribution in [0.3, 0.4) is 0 Å². The molecule has 0 spiro atoms. The first-order chi connectivity index (χ1) is 7.15. The molecule has 1 aliphatic rings. The maximum atomic E-state index is 9.42. The molecule has 0 aliphatic carbocycles. The molecule has 0 unspecified atom stereocenters. The first-order valence-electron chi connectivity index (χ1n) is 4.99. The Bertz CT molecular complexity index is 358. The van der Waals surface area contributed by atoms with E-state index in [1.807, 2.05) is 18.2 Å². The fraction of sp³-hybridized carbons (Fsp3) is 0.455. The second kappa shape index (κ2) is 4.83. The number of aliphatic hydroxyl groups excluding tert-OH is 1.